The Balaban J connectivity index is 1.89. The van der Waals surface area contributed by atoms with Crippen molar-refractivity contribution in [2.75, 3.05) is 13.2 Å². The van der Waals surface area contributed by atoms with Crippen LogP contribution in [0.4, 0.5) is 4.39 Å². The van der Waals surface area contributed by atoms with Crippen LogP contribution in [0.3, 0.4) is 0 Å². The van der Waals surface area contributed by atoms with Gasteiger partial charge in [-0.3, -0.25) is 0 Å². The summed E-state index contributed by atoms with van der Waals surface area (Å²) in [5.41, 5.74) is 0.721. The van der Waals surface area contributed by atoms with Crippen LogP contribution < -0.4 is 5.32 Å². The number of hydrogen-bond donors (Lipinski definition) is 2. The number of hydrogen-bond acceptors (Lipinski definition) is 2. The third-order valence-corrected chi connectivity index (χ3v) is 4.36. The van der Waals surface area contributed by atoms with Crippen molar-refractivity contribution >= 4 is 0 Å². The lowest BCUT2D eigenvalue weighted by Crippen LogP contribution is -2.33. The molecule has 1 saturated carbocycles. The Bertz CT molecular complexity index is 396. The maximum atomic E-state index is 13.7. The van der Waals surface area contributed by atoms with Crippen LogP contribution in [-0.2, 0) is 0 Å². The van der Waals surface area contributed by atoms with E-state index in [0.29, 0.717) is 11.8 Å². The minimum Gasteiger partial charge on any atom is -0.396 e. The molecule has 1 aliphatic rings. The van der Waals surface area contributed by atoms with Gasteiger partial charge in [0.2, 0.25) is 0 Å². The molecular formula is C16H24FNO. The van der Waals surface area contributed by atoms with Gasteiger partial charge in [0.1, 0.15) is 5.82 Å². The number of nitrogens with one attached hydrogen (secondary N) is 1. The zero-order valence-electron chi connectivity index (χ0n) is 11.6. The van der Waals surface area contributed by atoms with Gasteiger partial charge in [-0.1, -0.05) is 31.0 Å². The normalized spacial score (nSPS) is 25.2. The minimum atomic E-state index is -0.148. The Labute approximate surface area is 115 Å². The molecule has 3 atom stereocenters. The number of aliphatic hydroxyl groups is 1. The summed E-state index contributed by atoms with van der Waals surface area (Å²) in [5, 5.41) is 12.8. The van der Waals surface area contributed by atoms with Gasteiger partial charge in [0.25, 0.3) is 0 Å². The summed E-state index contributed by atoms with van der Waals surface area (Å²) >= 11 is 0. The molecule has 0 bridgehead atoms. The zero-order chi connectivity index (χ0) is 13.7. The van der Waals surface area contributed by atoms with Gasteiger partial charge in [-0.25, -0.2) is 4.39 Å². The maximum absolute atomic E-state index is 13.7. The predicted molar refractivity (Wildman–Crippen MR) is 75.4 cm³/mol. The average Bonchev–Trinajstić information content (AvgIpc) is 2.45. The highest BCUT2D eigenvalue weighted by molar-refractivity contribution is 5.20. The molecule has 3 unspecified atom stereocenters. The smallest absolute Gasteiger partial charge is 0.127 e. The van der Waals surface area contributed by atoms with E-state index in [1.54, 1.807) is 6.07 Å². The van der Waals surface area contributed by atoms with Gasteiger partial charge in [0.15, 0.2) is 0 Å². The van der Waals surface area contributed by atoms with E-state index in [2.05, 4.69) is 5.32 Å². The summed E-state index contributed by atoms with van der Waals surface area (Å²) in [5.74, 6) is 0.784. The molecule has 1 fully saturated rings. The summed E-state index contributed by atoms with van der Waals surface area (Å²) in [6.45, 7) is 3.14. The standard InChI is InChI=1S/C16H24FNO/c1-12(15-8-4-5-9-16(15)17)18-10-13-6-2-3-7-14(13)11-19/h4-5,8-9,12-14,18-19H,2-3,6-7,10-11H2,1H3. The molecule has 0 aromatic heterocycles. The van der Waals surface area contributed by atoms with Gasteiger partial charge in [0.05, 0.1) is 0 Å². The van der Waals surface area contributed by atoms with Gasteiger partial charge < -0.3 is 10.4 Å². The largest absolute Gasteiger partial charge is 0.396 e. The second-order valence-corrected chi connectivity index (χ2v) is 5.64. The van der Waals surface area contributed by atoms with E-state index in [1.165, 1.54) is 25.3 Å². The molecule has 0 radical (unpaired) electrons. The van der Waals surface area contributed by atoms with Crippen molar-refractivity contribution in [1.82, 2.24) is 5.32 Å². The van der Waals surface area contributed by atoms with E-state index in [0.717, 1.165) is 18.5 Å². The molecule has 2 nitrogen and oxygen atoms in total. The quantitative estimate of drug-likeness (QED) is 0.856. The van der Waals surface area contributed by atoms with Gasteiger partial charge in [-0.2, -0.15) is 0 Å². The molecule has 0 spiro atoms. The van der Waals surface area contributed by atoms with Crippen LogP contribution in [0.1, 0.15) is 44.2 Å². The Morgan fingerprint density at radius 1 is 1.26 bits per heavy atom. The molecule has 2 N–H and O–H groups in total. The van der Waals surface area contributed by atoms with Gasteiger partial charge >= 0.3 is 0 Å². The molecule has 1 aromatic carbocycles. The SMILES string of the molecule is CC(NCC1CCCCC1CO)c1ccccc1F. The van der Waals surface area contributed by atoms with Crippen LogP contribution in [0.5, 0.6) is 0 Å². The van der Waals surface area contributed by atoms with Crippen LogP contribution >= 0.6 is 0 Å². The Morgan fingerprint density at radius 2 is 1.95 bits per heavy atom. The average molecular weight is 265 g/mol. The molecule has 3 heteroatoms. The molecule has 1 aliphatic carbocycles. The second kappa shape index (κ2) is 7.01. The molecule has 0 saturated heterocycles. The first-order chi connectivity index (χ1) is 9.22. The molecular weight excluding hydrogens is 241 g/mol. The number of rotatable bonds is 5. The summed E-state index contributed by atoms with van der Waals surface area (Å²) < 4.78 is 13.7. The summed E-state index contributed by atoms with van der Waals surface area (Å²) in [6.07, 6.45) is 4.76. The topological polar surface area (TPSA) is 32.3 Å². The first-order valence-electron chi connectivity index (χ1n) is 7.31. The molecule has 0 aliphatic heterocycles. The highest BCUT2D eigenvalue weighted by atomic mass is 19.1. The van der Waals surface area contributed by atoms with Crippen LogP contribution in [0, 0.1) is 17.7 Å². The van der Waals surface area contributed by atoms with Crippen molar-refractivity contribution in [1.29, 1.82) is 0 Å². The Hall–Kier alpha value is -0.930. The highest BCUT2D eigenvalue weighted by Crippen LogP contribution is 2.29. The first kappa shape index (κ1) is 14.5. The molecule has 2 rings (SSSR count). The van der Waals surface area contributed by atoms with E-state index >= 15 is 0 Å². The summed E-state index contributed by atoms with van der Waals surface area (Å²) in [6, 6.07) is 6.94. The predicted octanol–water partition coefficient (Wildman–Crippen LogP) is 3.28. The number of benzene rings is 1. The fourth-order valence-corrected chi connectivity index (χ4v) is 3.06. The molecule has 0 heterocycles. The van der Waals surface area contributed by atoms with E-state index < -0.39 is 0 Å². The van der Waals surface area contributed by atoms with Gasteiger partial charge in [0, 0.05) is 18.2 Å². The summed E-state index contributed by atoms with van der Waals surface area (Å²) in [4.78, 5) is 0. The lowest BCUT2D eigenvalue weighted by molar-refractivity contribution is 0.131. The zero-order valence-corrected chi connectivity index (χ0v) is 11.6. The third kappa shape index (κ3) is 3.77. The minimum absolute atomic E-state index is 0.0162. The maximum Gasteiger partial charge on any atom is 0.127 e. The fourth-order valence-electron chi connectivity index (χ4n) is 3.06. The Kier molecular flexibility index (Phi) is 5.34. The van der Waals surface area contributed by atoms with Crippen LogP contribution in [0.25, 0.3) is 0 Å². The van der Waals surface area contributed by atoms with Crippen molar-refractivity contribution in [3.8, 4) is 0 Å². The number of aliphatic hydroxyl groups excluding tert-OH is 1. The summed E-state index contributed by atoms with van der Waals surface area (Å²) in [7, 11) is 0. The van der Waals surface area contributed by atoms with Crippen molar-refractivity contribution in [3.63, 3.8) is 0 Å². The van der Waals surface area contributed by atoms with Crippen molar-refractivity contribution < 1.29 is 9.50 Å². The van der Waals surface area contributed by atoms with E-state index in [-0.39, 0.29) is 18.5 Å². The van der Waals surface area contributed by atoms with Crippen molar-refractivity contribution in [3.05, 3.63) is 35.6 Å². The molecule has 19 heavy (non-hydrogen) atoms. The van der Waals surface area contributed by atoms with Crippen molar-refractivity contribution in [2.24, 2.45) is 11.8 Å². The lowest BCUT2D eigenvalue weighted by Gasteiger charge is -2.31. The highest BCUT2D eigenvalue weighted by Gasteiger charge is 2.24. The van der Waals surface area contributed by atoms with E-state index in [9.17, 15) is 9.50 Å². The Morgan fingerprint density at radius 3 is 2.63 bits per heavy atom. The molecule has 0 amide bonds. The fraction of sp³-hybridized carbons (Fsp3) is 0.625. The van der Waals surface area contributed by atoms with Crippen molar-refractivity contribution in [2.45, 2.75) is 38.6 Å². The van der Waals surface area contributed by atoms with Crippen LogP contribution in [0.2, 0.25) is 0 Å². The van der Waals surface area contributed by atoms with Gasteiger partial charge in [-0.15, -0.1) is 0 Å². The van der Waals surface area contributed by atoms with E-state index in [4.69, 9.17) is 0 Å². The monoisotopic (exact) mass is 265 g/mol. The van der Waals surface area contributed by atoms with Gasteiger partial charge in [-0.05, 0) is 44.2 Å². The van der Waals surface area contributed by atoms with E-state index in [1.807, 2.05) is 19.1 Å². The van der Waals surface area contributed by atoms with Crippen LogP contribution in [-0.4, -0.2) is 18.3 Å². The molecule has 106 valence electrons. The second-order valence-electron chi connectivity index (χ2n) is 5.64. The van der Waals surface area contributed by atoms with Crippen LogP contribution in [0.15, 0.2) is 24.3 Å². The molecule has 1 aromatic rings. The number of halogens is 1. The first-order valence-corrected chi connectivity index (χ1v) is 7.31. The third-order valence-electron chi connectivity index (χ3n) is 4.36. The lowest BCUT2D eigenvalue weighted by atomic mass is 9.79.